The molecule has 15 heavy (non-hydrogen) atoms. The summed E-state index contributed by atoms with van der Waals surface area (Å²) in [6.07, 6.45) is 5.79. The number of carbonyl (C=O) groups excluding carboxylic acids is 2. The van der Waals surface area contributed by atoms with E-state index in [2.05, 4.69) is 11.7 Å². The molecule has 0 amide bonds. The molecule has 3 nitrogen and oxygen atoms in total. The van der Waals surface area contributed by atoms with E-state index in [9.17, 15) is 9.59 Å². The van der Waals surface area contributed by atoms with Crippen LogP contribution in [0.25, 0.3) is 0 Å². The van der Waals surface area contributed by atoms with Crippen molar-refractivity contribution in [3.63, 3.8) is 0 Å². The Kier molecular flexibility index (Phi) is 21.6. The predicted molar refractivity (Wildman–Crippen MR) is 52.4 cm³/mol. The van der Waals surface area contributed by atoms with E-state index in [0.29, 0.717) is 6.42 Å². The molecule has 0 aliphatic carbocycles. The first-order chi connectivity index (χ1) is 6.16. The molecule has 0 aromatic carbocycles. The molecule has 0 rings (SSSR count). The zero-order valence-corrected chi connectivity index (χ0v) is 14.5. The molecule has 80 valence electrons. The van der Waals surface area contributed by atoms with Gasteiger partial charge in [-0.3, -0.25) is 9.59 Å². The fourth-order valence-corrected chi connectivity index (χ4v) is 1.08. The van der Waals surface area contributed by atoms with E-state index in [1.54, 1.807) is 0 Å². The molecule has 0 fully saturated rings. The van der Waals surface area contributed by atoms with Crippen molar-refractivity contribution < 1.29 is 76.3 Å². The van der Waals surface area contributed by atoms with Gasteiger partial charge in [0.2, 0.25) is 0 Å². The fourth-order valence-electron chi connectivity index (χ4n) is 1.08. The number of unbranched alkanes of at least 4 members (excludes halogenated alkanes) is 4. The van der Waals surface area contributed by atoms with Gasteiger partial charge in [0.1, 0.15) is 0 Å². The van der Waals surface area contributed by atoms with Gasteiger partial charge in [-0.05, 0) is 6.42 Å². The van der Waals surface area contributed by atoms with E-state index in [1.165, 1.54) is 19.8 Å². The minimum Gasteiger partial charge on any atom is -1.00 e. The number of hydrogen-bond donors (Lipinski definition) is 0. The van der Waals surface area contributed by atoms with Crippen molar-refractivity contribution in [2.45, 2.75) is 52.4 Å². The van der Waals surface area contributed by atoms with Crippen LogP contribution in [0.15, 0.2) is 0 Å². The van der Waals surface area contributed by atoms with Crippen molar-refractivity contribution in [2.75, 3.05) is 0 Å². The van der Waals surface area contributed by atoms with Crippen molar-refractivity contribution in [3.8, 4) is 0 Å². The normalized spacial score (nSPS) is 8.40. The Bertz CT molecular complexity index is 181. The zero-order chi connectivity index (χ0) is 10.1. The first kappa shape index (κ1) is 21.4. The van der Waals surface area contributed by atoms with Gasteiger partial charge in [0.15, 0.2) is 0 Å². The van der Waals surface area contributed by atoms with Crippen LogP contribution in [0.2, 0.25) is 0 Å². The van der Waals surface area contributed by atoms with Crippen LogP contribution >= 0.6 is 0 Å². The molecule has 0 saturated heterocycles. The second-order valence-corrected chi connectivity index (χ2v) is 3.13. The van der Waals surface area contributed by atoms with Crippen LogP contribution in [0.4, 0.5) is 0 Å². The molecule has 0 spiro atoms. The summed E-state index contributed by atoms with van der Waals surface area (Å²) in [6, 6.07) is 0. The Morgan fingerprint density at radius 2 is 1.60 bits per heavy atom. The fraction of sp³-hybridized carbons (Fsp3) is 0.800. The summed E-state index contributed by atoms with van der Waals surface area (Å²) in [6.45, 7) is 3.39. The largest absolute Gasteiger partial charge is 1.00 e. The van der Waals surface area contributed by atoms with Crippen LogP contribution < -0.4 is 59.1 Å². The molecule has 0 radical (unpaired) electrons. The SMILES string of the molecule is CCCCCCCC(=O)OC(C)=O.[H-].[H-].[Na+].[Na+]. The third-order valence-electron chi connectivity index (χ3n) is 1.74. The van der Waals surface area contributed by atoms with Crippen LogP contribution in [0, 0.1) is 0 Å². The molecule has 0 heterocycles. The first-order valence-corrected chi connectivity index (χ1v) is 4.88. The van der Waals surface area contributed by atoms with Gasteiger partial charge in [0, 0.05) is 13.3 Å². The molecular weight excluding hydrogens is 214 g/mol. The van der Waals surface area contributed by atoms with Crippen LogP contribution in [0.3, 0.4) is 0 Å². The maximum atomic E-state index is 10.8. The maximum absolute atomic E-state index is 10.8. The van der Waals surface area contributed by atoms with Gasteiger partial charge in [0.05, 0.1) is 0 Å². The van der Waals surface area contributed by atoms with E-state index >= 15 is 0 Å². The average molecular weight is 234 g/mol. The molecule has 0 unspecified atom stereocenters. The summed E-state index contributed by atoms with van der Waals surface area (Å²) < 4.78 is 4.38. The first-order valence-electron chi connectivity index (χ1n) is 4.88. The molecule has 0 N–H and O–H groups in total. The van der Waals surface area contributed by atoms with Crippen LogP contribution in [0.5, 0.6) is 0 Å². The number of ether oxygens (including phenoxy) is 1. The third-order valence-corrected chi connectivity index (χ3v) is 1.74. The number of hydrogen-bond acceptors (Lipinski definition) is 3. The van der Waals surface area contributed by atoms with Crippen LogP contribution in [-0.2, 0) is 14.3 Å². The summed E-state index contributed by atoms with van der Waals surface area (Å²) in [4.78, 5) is 21.2. The van der Waals surface area contributed by atoms with Crippen molar-refractivity contribution >= 4 is 11.9 Å². The van der Waals surface area contributed by atoms with Crippen molar-refractivity contribution in [3.05, 3.63) is 0 Å². The molecular formula is C10H20Na2O3. The number of esters is 2. The van der Waals surface area contributed by atoms with E-state index in [4.69, 9.17) is 0 Å². The quantitative estimate of drug-likeness (QED) is 0.209. The molecule has 0 aromatic heterocycles. The standard InChI is InChI=1S/C10H18O3.2Na.2H/c1-3-4-5-6-7-8-10(12)13-9(2)11;;;;/h3-8H2,1-2H3;;;;/q;2*+1;2*-1. The van der Waals surface area contributed by atoms with E-state index in [0.717, 1.165) is 19.3 Å². The minimum atomic E-state index is -0.515. The van der Waals surface area contributed by atoms with Crippen molar-refractivity contribution in [2.24, 2.45) is 0 Å². The van der Waals surface area contributed by atoms with Gasteiger partial charge < -0.3 is 7.59 Å². The Morgan fingerprint density at radius 3 is 2.07 bits per heavy atom. The van der Waals surface area contributed by atoms with Gasteiger partial charge in [-0.2, -0.15) is 0 Å². The Labute approximate surface area is 139 Å². The molecule has 0 aliphatic heterocycles. The van der Waals surface area contributed by atoms with Gasteiger partial charge in [0.25, 0.3) is 0 Å². The monoisotopic (exact) mass is 234 g/mol. The van der Waals surface area contributed by atoms with E-state index in [1.807, 2.05) is 0 Å². The molecule has 0 saturated carbocycles. The smallest absolute Gasteiger partial charge is 1.00 e. The topological polar surface area (TPSA) is 43.4 Å². The summed E-state index contributed by atoms with van der Waals surface area (Å²) in [7, 11) is 0. The van der Waals surface area contributed by atoms with Crippen LogP contribution in [-0.4, -0.2) is 11.9 Å². The van der Waals surface area contributed by atoms with Gasteiger partial charge in [-0.1, -0.05) is 32.6 Å². The Balaban J connectivity index is -0.000000120. The molecule has 0 bridgehead atoms. The summed E-state index contributed by atoms with van der Waals surface area (Å²) >= 11 is 0. The van der Waals surface area contributed by atoms with Gasteiger partial charge in [-0.25, -0.2) is 0 Å². The van der Waals surface area contributed by atoms with Gasteiger partial charge in [-0.15, -0.1) is 0 Å². The molecule has 0 atom stereocenters. The van der Waals surface area contributed by atoms with Gasteiger partial charge >= 0.3 is 71.1 Å². The number of carbonyl (C=O) groups is 2. The molecule has 0 aromatic rings. The molecule has 0 aliphatic rings. The van der Waals surface area contributed by atoms with Crippen molar-refractivity contribution in [1.29, 1.82) is 0 Å². The maximum Gasteiger partial charge on any atom is 1.00 e. The molecule has 5 heteroatoms. The predicted octanol–water partition coefficient (Wildman–Crippen LogP) is -3.33. The summed E-state index contributed by atoms with van der Waals surface area (Å²) in [5.74, 6) is -0.914. The van der Waals surface area contributed by atoms with Crippen molar-refractivity contribution in [1.82, 2.24) is 0 Å². The Morgan fingerprint density at radius 1 is 1.07 bits per heavy atom. The third kappa shape index (κ3) is 17.7. The van der Waals surface area contributed by atoms with E-state index < -0.39 is 11.9 Å². The second-order valence-electron chi connectivity index (χ2n) is 3.13. The summed E-state index contributed by atoms with van der Waals surface area (Å²) in [5, 5.41) is 0. The minimum absolute atomic E-state index is 0. The Hall–Kier alpha value is 1.14. The second kappa shape index (κ2) is 15.1. The average Bonchev–Trinajstić information content (AvgIpc) is 2.02. The zero-order valence-electron chi connectivity index (χ0n) is 12.5. The summed E-state index contributed by atoms with van der Waals surface area (Å²) in [5.41, 5.74) is 0. The van der Waals surface area contributed by atoms with E-state index in [-0.39, 0.29) is 62.0 Å². The van der Waals surface area contributed by atoms with Crippen LogP contribution in [0.1, 0.15) is 55.2 Å². The number of rotatable bonds is 6.